The topological polar surface area (TPSA) is 92.3 Å². The van der Waals surface area contributed by atoms with Gasteiger partial charge < -0.3 is 29.0 Å². The van der Waals surface area contributed by atoms with Gasteiger partial charge in [0.15, 0.2) is 18.4 Å². The highest BCUT2D eigenvalue weighted by Crippen LogP contribution is 2.32. The number of benzene rings is 2. The molecule has 0 aromatic heterocycles. The van der Waals surface area contributed by atoms with Crippen LogP contribution in [0.15, 0.2) is 54.6 Å². The van der Waals surface area contributed by atoms with Crippen LogP contribution in [-0.4, -0.2) is 57.1 Å². The van der Waals surface area contributed by atoms with E-state index < -0.39 is 36.7 Å². The molecule has 158 valence electrons. The molecule has 2 aliphatic heterocycles. The smallest absolute Gasteiger partial charge is 0.252 e. The van der Waals surface area contributed by atoms with Gasteiger partial charge in [0, 0.05) is 18.2 Å². The summed E-state index contributed by atoms with van der Waals surface area (Å²) in [5.41, 5.74) is 1.19. The molecule has 8 heteroatoms. The van der Waals surface area contributed by atoms with Gasteiger partial charge in [-0.1, -0.05) is 30.3 Å². The maximum Gasteiger partial charge on any atom is 0.252 e. The molecule has 4 rings (SSSR count). The van der Waals surface area contributed by atoms with Gasteiger partial charge in [0.05, 0.1) is 13.7 Å². The van der Waals surface area contributed by atoms with E-state index in [9.17, 15) is 9.59 Å². The van der Waals surface area contributed by atoms with Gasteiger partial charge in [-0.15, -0.1) is 0 Å². The highest BCUT2D eigenvalue weighted by Gasteiger charge is 2.50. The number of carbonyl (C=O) groups excluding carboxylic acids is 2. The number of amides is 1. The molecular formula is C22H23NO7. The van der Waals surface area contributed by atoms with Crippen molar-refractivity contribution in [3.8, 4) is 5.75 Å². The number of carbonyl (C=O) groups is 2. The first kappa shape index (κ1) is 20.5. The first-order chi connectivity index (χ1) is 14.6. The minimum absolute atomic E-state index is 0.176. The van der Waals surface area contributed by atoms with E-state index in [1.54, 1.807) is 31.4 Å². The zero-order valence-corrected chi connectivity index (χ0v) is 16.6. The molecule has 0 spiro atoms. The van der Waals surface area contributed by atoms with Crippen molar-refractivity contribution >= 4 is 11.7 Å². The second-order valence-electron chi connectivity index (χ2n) is 6.99. The van der Waals surface area contributed by atoms with Crippen LogP contribution in [0, 0.1) is 0 Å². The second-order valence-corrected chi connectivity index (χ2v) is 6.99. The van der Waals surface area contributed by atoms with Crippen LogP contribution in [0.25, 0.3) is 0 Å². The summed E-state index contributed by atoms with van der Waals surface area (Å²) in [6.07, 6.45) is -3.12. The highest BCUT2D eigenvalue weighted by molar-refractivity contribution is 5.99. The minimum Gasteiger partial charge on any atom is -0.497 e. The molecule has 2 heterocycles. The molecule has 2 aromatic rings. The maximum atomic E-state index is 13.2. The van der Waals surface area contributed by atoms with Gasteiger partial charge >= 0.3 is 0 Å². The normalized spacial score (nSPS) is 28.5. The standard InChI is InChI=1S/C22H23NO7/c1-26-15-10-8-13(9-11-15)20(25)23-17-18(24)19-16(29-22(17)27-2)12-28-21(30-19)14-6-4-3-5-7-14/h3-11,16-17,19,21-22H,12H2,1-2H3,(H,23,25)/t16-,17-,19-,21-,22+/m1/s1. The van der Waals surface area contributed by atoms with Crippen LogP contribution < -0.4 is 10.1 Å². The summed E-state index contributed by atoms with van der Waals surface area (Å²) < 4.78 is 27.9. The van der Waals surface area contributed by atoms with E-state index in [0.29, 0.717) is 11.3 Å². The summed E-state index contributed by atoms with van der Waals surface area (Å²) in [6.45, 7) is 0.176. The number of Topliss-reactive ketones (excluding diaryl/α,β-unsaturated/α-hetero) is 1. The Morgan fingerprint density at radius 1 is 1.03 bits per heavy atom. The third-order valence-electron chi connectivity index (χ3n) is 5.13. The molecule has 2 saturated heterocycles. The van der Waals surface area contributed by atoms with Crippen LogP contribution >= 0.6 is 0 Å². The predicted molar refractivity (Wildman–Crippen MR) is 105 cm³/mol. The van der Waals surface area contributed by atoms with Crippen LogP contribution in [0.3, 0.4) is 0 Å². The first-order valence-electron chi connectivity index (χ1n) is 9.59. The van der Waals surface area contributed by atoms with Gasteiger partial charge in [0.2, 0.25) is 0 Å². The molecule has 0 unspecified atom stereocenters. The molecule has 0 saturated carbocycles. The summed E-state index contributed by atoms with van der Waals surface area (Å²) in [5.74, 6) is -0.111. The number of ether oxygens (including phenoxy) is 5. The quantitative estimate of drug-likeness (QED) is 0.800. The Labute approximate surface area is 174 Å². The van der Waals surface area contributed by atoms with Gasteiger partial charge in [0.1, 0.15) is 24.0 Å². The minimum atomic E-state index is -1.01. The van der Waals surface area contributed by atoms with Gasteiger partial charge in [-0.05, 0) is 24.3 Å². The Hall–Kier alpha value is -2.78. The van der Waals surface area contributed by atoms with Gasteiger partial charge in [-0.3, -0.25) is 9.59 Å². The van der Waals surface area contributed by atoms with E-state index in [1.165, 1.54) is 7.11 Å². The van der Waals surface area contributed by atoms with Crippen molar-refractivity contribution < 1.29 is 33.3 Å². The summed E-state index contributed by atoms with van der Waals surface area (Å²) in [5, 5.41) is 2.71. The van der Waals surface area contributed by atoms with Crippen LogP contribution in [0.2, 0.25) is 0 Å². The number of hydrogen-bond acceptors (Lipinski definition) is 7. The number of rotatable bonds is 5. The Bertz CT molecular complexity index is 886. The van der Waals surface area contributed by atoms with E-state index in [0.717, 1.165) is 5.56 Å². The molecule has 0 bridgehead atoms. The number of fused-ring (bicyclic) bond motifs is 1. The van der Waals surface area contributed by atoms with E-state index in [4.69, 9.17) is 23.7 Å². The van der Waals surface area contributed by atoms with E-state index in [-0.39, 0.29) is 12.4 Å². The summed E-state index contributed by atoms with van der Waals surface area (Å²) in [4.78, 5) is 25.9. The van der Waals surface area contributed by atoms with Gasteiger partial charge in [-0.2, -0.15) is 0 Å². The van der Waals surface area contributed by atoms with Crippen LogP contribution in [0.4, 0.5) is 0 Å². The Morgan fingerprint density at radius 2 is 1.77 bits per heavy atom. The SMILES string of the molecule is COc1ccc(C(=O)N[C@@H]2C(=O)[C@@H]3O[C@H](c4ccccc4)OC[C@H]3O[C@@H]2OC)cc1. The lowest BCUT2D eigenvalue weighted by Gasteiger charge is -2.43. The van der Waals surface area contributed by atoms with Crippen LogP contribution in [0.1, 0.15) is 22.2 Å². The van der Waals surface area contributed by atoms with Gasteiger partial charge in [-0.25, -0.2) is 0 Å². The van der Waals surface area contributed by atoms with Crippen molar-refractivity contribution in [2.75, 3.05) is 20.8 Å². The monoisotopic (exact) mass is 413 g/mol. The molecule has 8 nitrogen and oxygen atoms in total. The molecule has 30 heavy (non-hydrogen) atoms. The van der Waals surface area contributed by atoms with Crippen molar-refractivity contribution in [3.63, 3.8) is 0 Å². The fourth-order valence-electron chi connectivity index (χ4n) is 3.54. The largest absolute Gasteiger partial charge is 0.497 e. The summed E-state index contributed by atoms with van der Waals surface area (Å²) >= 11 is 0. The predicted octanol–water partition coefficient (Wildman–Crippen LogP) is 1.85. The van der Waals surface area contributed by atoms with E-state index in [2.05, 4.69) is 5.32 Å². The second kappa shape index (κ2) is 8.93. The Kier molecular flexibility index (Phi) is 6.10. The number of hydrogen-bond donors (Lipinski definition) is 1. The van der Waals surface area contributed by atoms with Crippen LogP contribution in [0.5, 0.6) is 5.75 Å². The fraction of sp³-hybridized carbons (Fsp3) is 0.364. The summed E-state index contributed by atoms with van der Waals surface area (Å²) in [6, 6.07) is 14.9. The molecule has 0 radical (unpaired) electrons. The number of methoxy groups -OCH3 is 2. The van der Waals surface area contributed by atoms with E-state index >= 15 is 0 Å². The van der Waals surface area contributed by atoms with Crippen LogP contribution in [-0.2, 0) is 23.7 Å². The summed E-state index contributed by atoms with van der Waals surface area (Å²) in [7, 11) is 2.96. The lowest BCUT2D eigenvalue weighted by atomic mass is 9.97. The average Bonchev–Trinajstić information content (AvgIpc) is 2.81. The molecule has 5 atom stereocenters. The number of ketones is 1. The Balaban J connectivity index is 1.49. The lowest BCUT2D eigenvalue weighted by molar-refractivity contribution is -0.302. The van der Waals surface area contributed by atoms with Gasteiger partial charge in [0.25, 0.3) is 5.91 Å². The van der Waals surface area contributed by atoms with Crippen molar-refractivity contribution in [1.82, 2.24) is 5.32 Å². The van der Waals surface area contributed by atoms with E-state index in [1.807, 2.05) is 30.3 Å². The molecule has 0 aliphatic carbocycles. The fourth-order valence-corrected chi connectivity index (χ4v) is 3.54. The lowest BCUT2D eigenvalue weighted by Crippen LogP contribution is -2.64. The number of nitrogens with one attached hydrogen (secondary N) is 1. The van der Waals surface area contributed by atoms with Crippen molar-refractivity contribution in [2.24, 2.45) is 0 Å². The first-order valence-corrected chi connectivity index (χ1v) is 9.59. The zero-order chi connectivity index (χ0) is 21.1. The maximum absolute atomic E-state index is 13.2. The van der Waals surface area contributed by atoms with Crippen molar-refractivity contribution in [2.45, 2.75) is 30.8 Å². The third kappa shape index (κ3) is 4.08. The molecule has 1 N–H and O–H groups in total. The molecule has 2 aromatic carbocycles. The van der Waals surface area contributed by atoms with Crippen molar-refractivity contribution in [3.05, 3.63) is 65.7 Å². The Morgan fingerprint density at radius 3 is 2.43 bits per heavy atom. The molecule has 2 fully saturated rings. The molecule has 1 amide bonds. The zero-order valence-electron chi connectivity index (χ0n) is 16.6. The third-order valence-corrected chi connectivity index (χ3v) is 5.13. The molecular weight excluding hydrogens is 390 g/mol. The molecule has 2 aliphatic rings. The highest BCUT2D eigenvalue weighted by atomic mass is 16.7. The van der Waals surface area contributed by atoms with Crippen molar-refractivity contribution in [1.29, 1.82) is 0 Å². The average molecular weight is 413 g/mol.